The van der Waals surface area contributed by atoms with E-state index in [4.69, 9.17) is 9.47 Å². The average molecular weight is 366 g/mol. The molecule has 1 saturated heterocycles. The molecule has 0 aromatic heterocycles. The molecule has 0 bridgehead atoms. The molecule has 0 unspecified atom stereocenters. The minimum absolute atomic E-state index is 0.00183. The second-order valence-corrected chi connectivity index (χ2v) is 7.28. The first-order chi connectivity index (χ1) is 13.2. The molecule has 2 aromatic rings. The minimum atomic E-state index is -0.00183. The Morgan fingerprint density at radius 3 is 2.85 bits per heavy atom. The first-order valence-electron chi connectivity index (χ1n) is 9.66. The van der Waals surface area contributed by atoms with Crippen molar-refractivity contribution in [1.29, 1.82) is 0 Å². The smallest absolute Gasteiger partial charge is 0.253 e. The van der Waals surface area contributed by atoms with Crippen LogP contribution < -0.4 is 19.7 Å². The summed E-state index contributed by atoms with van der Waals surface area (Å²) in [6.07, 6.45) is 3.28. The maximum atomic E-state index is 12.8. The molecule has 0 saturated carbocycles. The van der Waals surface area contributed by atoms with E-state index in [1.54, 1.807) is 7.11 Å². The van der Waals surface area contributed by atoms with Gasteiger partial charge in [0, 0.05) is 37.3 Å². The van der Waals surface area contributed by atoms with Crippen molar-refractivity contribution < 1.29 is 14.3 Å². The van der Waals surface area contributed by atoms with Gasteiger partial charge in [0.2, 0.25) is 0 Å². The van der Waals surface area contributed by atoms with E-state index in [1.165, 1.54) is 18.4 Å². The molecule has 5 heteroatoms. The quantitative estimate of drug-likeness (QED) is 0.882. The fraction of sp³-hybridized carbons (Fsp3) is 0.409. The monoisotopic (exact) mass is 366 g/mol. The second kappa shape index (κ2) is 7.91. The van der Waals surface area contributed by atoms with Gasteiger partial charge in [0.15, 0.2) is 0 Å². The number of fused-ring (bicyclic) bond motifs is 1. The Bertz CT molecular complexity index is 815. The van der Waals surface area contributed by atoms with E-state index in [1.807, 2.05) is 42.5 Å². The molecule has 1 atom stereocenters. The maximum Gasteiger partial charge on any atom is 0.253 e. The fourth-order valence-corrected chi connectivity index (χ4v) is 3.91. The van der Waals surface area contributed by atoms with E-state index in [2.05, 4.69) is 10.2 Å². The number of carbonyl (C=O) groups is 1. The number of rotatable bonds is 5. The van der Waals surface area contributed by atoms with Crippen molar-refractivity contribution in [1.82, 2.24) is 5.32 Å². The third-order valence-electron chi connectivity index (χ3n) is 5.40. The van der Waals surface area contributed by atoms with Gasteiger partial charge in [-0.2, -0.15) is 0 Å². The zero-order chi connectivity index (χ0) is 18.6. The number of nitrogens with zero attached hydrogens (tertiary/aromatic N) is 1. The predicted molar refractivity (Wildman–Crippen MR) is 106 cm³/mol. The van der Waals surface area contributed by atoms with Gasteiger partial charge in [-0.1, -0.05) is 18.2 Å². The standard InChI is InChI=1S/C22H26N2O3/c1-26-18-9-8-17-12-16(15-27-21(17)13-18)14-23-22(25)19-6-2-3-7-20(19)24-10-4-5-11-24/h2-3,6-9,13,16H,4-5,10-12,14-15H2,1H3,(H,23,25)/t16-/m1/s1. The Labute approximate surface area is 160 Å². The third-order valence-corrected chi connectivity index (χ3v) is 5.40. The molecule has 1 N–H and O–H groups in total. The van der Waals surface area contributed by atoms with Crippen LogP contribution in [0.15, 0.2) is 42.5 Å². The summed E-state index contributed by atoms with van der Waals surface area (Å²) < 4.78 is 11.1. The molecule has 2 aliphatic rings. The molecular formula is C22H26N2O3. The fourth-order valence-electron chi connectivity index (χ4n) is 3.91. The largest absolute Gasteiger partial charge is 0.497 e. The molecule has 27 heavy (non-hydrogen) atoms. The van der Waals surface area contributed by atoms with E-state index in [0.717, 1.165) is 42.3 Å². The molecule has 2 aromatic carbocycles. The van der Waals surface area contributed by atoms with Gasteiger partial charge >= 0.3 is 0 Å². The lowest BCUT2D eigenvalue weighted by molar-refractivity contribution is 0.0939. The normalized spacial score (nSPS) is 18.6. The van der Waals surface area contributed by atoms with Crippen LogP contribution in [0.1, 0.15) is 28.8 Å². The Kier molecular flexibility index (Phi) is 5.19. The lowest BCUT2D eigenvalue weighted by atomic mass is 9.96. The summed E-state index contributed by atoms with van der Waals surface area (Å²) >= 11 is 0. The maximum absolute atomic E-state index is 12.8. The zero-order valence-electron chi connectivity index (χ0n) is 15.7. The minimum Gasteiger partial charge on any atom is -0.497 e. The third kappa shape index (κ3) is 3.87. The molecule has 4 rings (SSSR count). The Morgan fingerprint density at radius 2 is 2.04 bits per heavy atom. The van der Waals surface area contributed by atoms with Gasteiger partial charge in [0.25, 0.3) is 5.91 Å². The molecule has 0 aliphatic carbocycles. The molecule has 2 aliphatic heterocycles. The van der Waals surface area contributed by atoms with Gasteiger partial charge in [-0.3, -0.25) is 4.79 Å². The highest BCUT2D eigenvalue weighted by molar-refractivity contribution is 5.99. The van der Waals surface area contributed by atoms with E-state index in [9.17, 15) is 4.79 Å². The van der Waals surface area contributed by atoms with Crippen LogP contribution in [0.2, 0.25) is 0 Å². The predicted octanol–water partition coefficient (Wildman–Crippen LogP) is 3.28. The number of amides is 1. The number of para-hydroxylation sites is 1. The second-order valence-electron chi connectivity index (χ2n) is 7.28. The van der Waals surface area contributed by atoms with Crippen molar-refractivity contribution >= 4 is 11.6 Å². The van der Waals surface area contributed by atoms with Crippen LogP contribution >= 0.6 is 0 Å². The highest BCUT2D eigenvalue weighted by Crippen LogP contribution is 2.31. The van der Waals surface area contributed by atoms with E-state index in [-0.39, 0.29) is 11.8 Å². The Balaban J connectivity index is 1.39. The summed E-state index contributed by atoms with van der Waals surface area (Å²) in [5.41, 5.74) is 2.98. The lowest BCUT2D eigenvalue weighted by Crippen LogP contribution is -2.35. The topological polar surface area (TPSA) is 50.8 Å². The number of hydrogen-bond acceptors (Lipinski definition) is 4. The summed E-state index contributed by atoms with van der Waals surface area (Å²) in [7, 11) is 1.66. The molecule has 1 fully saturated rings. The van der Waals surface area contributed by atoms with Crippen LogP contribution in [-0.4, -0.2) is 39.3 Å². The molecule has 0 spiro atoms. The molecule has 1 amide bonds. The first-order valence-corrected chi connectivity index (χ1v) is 9.66. The van der Waals surface area contributed by atoms with Gasteiger partial charge < -0.3 is 19.7 Å². The zero-order valence-corrected chi connectivity index (χ0v) is 15.7. The van der Waals surface area contributed by atoms with Crippen molar-refractivity contribution in [2.45, 2.75) is 19.3 Å². The van der Waals surface area contributed by atoms with E-state index in [0.29, 0.717) is 13.2 Å². The summed E-state index contributed by atoms with van der Waals surface area (Å²) in [6, 6.07) is 13.8. The molecule has 2 heterocycles. The van der Waals surface area contributed by atoms with Gasteiger partial charge in [0.05, 0.1) is 19.3 Å². The molecule has 0 radical (unpaired) electrons. The van der Waals surface area contributed by atoms with Crippen LogP contribution in [0.3, 0.4) is 0 Å². The summed E-state index contributed by atoms with van der Waals surface area (Å²) in [5.74, 6) is 1.96. The van der Waals surface area contributed by atoms with Crippen molar-refractivity contribution in [3.63, 3.8) is 0 Å². The van der Waals surface area contributed by atoms with Gasteiger partial charge in [-0.15, -0.1) is 0 Å². The number of benzene rings is 2. The van der Waals surface area contributed by atoms with Crippen LogP contribution in [0.5, 0.6) is 11.5 Å². The van der Waals surface area contributed by atoms with Crippen molar-refractivity contribution in [2.24, 2.45) is 5.92 Å². The molecular weight excluding hydrogens is 340 g/mol. The van der Waals surface area contributed by atoms with Crippen molar-refractivity contribution in [2.75, 3.05) is 38.3 Å². The highest BCUT2D eigenvalue weighted by Gasteiger charge is 2.23. The van der Waals surface area contributed by atoms with Crippen LogP contribution in [0, 0.1) is 5.92 Å². The Morgan fingerprint density at radius 1 is 1.22 bits per heavy atom. The number of nitrogens with one attached hydrogen (secondary N) is 1. The van der Waals surface area contributed by atoms with Crippen LogP contribution in [0.4, 0.5) is 5.69 Å². The van der Waals surface area contributed by atoms with E-state index >= 15 is 0 Å². The number of anilines is 1. The van der Waals surface area contributed by atoms with Crippen LogP contribution in [0.25, 0.3) is 0 Å². The lowest BCUT2D eigenvalue weighted by Gasteiger charge is -2.26. The number of methoxy groups -OCH3 is 1. The molecule has 142 valence electrons. The van der Waals surface area contributed by atoms with Crippen molar-refractivity contribution in [3.8, 4) is 11.5 Å². The summed E-state index contributed by atoms with van der Waals surface area (Å²) in [4.78, 5) is 15.1. The number of ether oxygens (including phenoxy) is 2. The number of carbonyl (C=O) groups excluding carboxylic acids is 1. The van der Waals surface area contributed by atoms with Crippen molar-refractivity contribution in [3.05, 3.63) is 53.6 Å². The summed E-state index contributed by atoms with van der Waals surface area (Å²) in [6.45, 7) is 3.27. The van der Waals surface area contributed by atoms with Gasteiger partial charge in [-0.25, -0.2) is 0 Å². The highest BCUT2D eigenvalue weighted by atomic mass is 16.5. The SMILES string of the molecule is COc1ccc2c(c1)OC[C@@H](CNC(=O)c1ccccc1N1CCCC1)C2. The van der Waals surface area contributed by atoms with Gasteiger partial charge in [-0.05, 0) is 43.0 Å². The first kappa shape index (κ1) is 17.7. The number of hydrogen-bond donors (Lipinski definition) is 1. The van der Waals surface area contributed by atoms with Gasteiger partial charge in [0.1, 0.15) is 11.5 Å². The Hall–Kier alpha value is -2.69. The van der Waals surface area contributed by atoms with Crippen LogP contribution in [-0.2, 0) is 6.42 Å². The molecule has 5 nitrogen and oxygen atoms in total. The summed E-state index contributed by atoms with van der Waals surface area (Å²) in [5, 5.41) is 3.12. The van der Waals surface area contributed by atoms with E-state index < -0.39 is 0 Å². The average Bonchev–Trinajstić information content (AvgIpc) is 3.26.